The van der Waals surface area contributed by atoms with Crippen molar-refractivity contribution in [2.75, 3.05) is 19.7 Å². The van der Waals surface area contributed by atoms with Gasteiger partial charge in [-0.1, -0.05) is 31.9 Å². The Morgan fingerprint density at radius 3 is 3.00 bits per heavy atom. The summed E-state index contributed by atoms with van der Waals surface area (Å²) in [6.07, 6.45) is 6.19. The first kappa shape index (κ1) is 13.9. The number of nitrogens with one attached hydrogen (secondary N) is 1. The van der Waals surface area contributed by atoms with E-state index in [0.717, 1.165) is 31.9 Å². The number of hydrogen-bond acceptors (Lipinski definition) is 3. The Morgan fingerprint density at radius 1 is 1.35 bits per heavy atom. The quantitative estimate of drug-likeness (QED) is 0.913. The van der Waals surface area contributed by atoms with Crippen LogP contribution in [0.2, 0.25) is 0 Å². The first-order valence-corrected chi connectivity index (χ1v) is 7.93. The largest absolute Gasteiger partial charge is 0.494 e. The van der Waals surface area contributed by atoms with E-state index in [-0.39, 0.29) is 11.7 Å². The molecule has 0 bridgehead atoms. The summed E-state index contributed by atoms with van der Waals surface area (Å²) in [5.74, 6) is 0.957. The lowest BCUT2D eigenvalue weighted by atomic mass is 9.97. The Labute approximate surface area is 121 Å². The van der Waals surface area contributed by atoms with E-state index in [4.69, 9.17) is 9.47 Å². The molecule has 1 N–H and O–H groups in total. The Kier molecular flexibility index (Phi) is 4.27. The average molecular weight is 275 g/mol. The minimum Gasteiger partial charge on any atom is -0.494 e. The zero-order chi connectivity index (χ0) is 13.8. The highest BCUT2D eigenvalue weighted by Gasteiger charge is 2.40. The summed E-state index contributed by atoms with van der Waals surface area (Å²) in [5.41, 5.74) is 1.32. The van der Waals surface area contributed by atoms with Crippen molar-refractivity contribution in [2.45, 2.75) is 50.7 Å². The van der Waals surface area contributed by atoms with E-state index in [9.17, 15) is 0 Å². The first-order chi connectivity index (χ1) is 9.81. The second-order valence-electron chi connectivity index (χ2n) is 6.05. The second-order valence-corrected chi connectivity index (χ2v) is 6.05. The topological polar surface area (TPSA) is 30.5 Å². The standard InChI is InChI=1S/C17H25NO2/c1-2-10-19-15-7-5-6-14(11-15)16-12-18-13-17(20-16)8-3-4-9-17/h5-7,11,16,18H,2-4,8-10,12-13H2,1H3. The van der Waals surface area contributed by atoms with Gasteiger partial charge in [0.2, 0.25) is 0 Å². The van der Waals surface area contributed by atoms with Crippen molar-refractivity contribution in [1.82, 2.24) is 5.32 Å². The van der Waals surface area contributed by atoms with E-state index < -0.39 is 0 Å². The van der Waals surface area contributed by atoms with Gasteiger partial charge in [0.05, 0.1) is 18.3 Å². The van der Waals surface area contributed by atoms with Crippen LogP contribution in [-0.2, 0) is 4.74 Å². The molecule has 0 radical (unpaired) electrons. The molecule has 1 aliphatic heterocycles. The molecule has 1 spiro atoms. The maximum absolute atomic E-state index is 6.46. The maximum Gasteiger partial charge on any atom is 0.119 e. The molecule has 1 saturated heterocycles. The molecule has 1 atom stereocenters. The van der Waals surface area contributed by atoms with Crippen molar-refractivity contribution in [3.8, 4) is 5.75 Å². The van der Waals surface area contributed by atoms with Crippen LogP contribution in [0.5, 0.6) is 5.75 Å². The Bertz CT molecular complexity index is 440. The fraction of sp³-hybridized carbons (Fsp3) is 0.647. The highest BCUT2D eigenvalue weighted by molar-refractivity contribution is 5.30. The molecule has 3 nitrogen and oxygen atoms in total. The summed E-state index contributed by atoms with van der Waals surface area (Å²) >= 11 is 0. The van der Waals surface area contributed by atoms with Crippen molar-refractivity contribution in [3.63, 3.8) is 0 Å². The van der Waals surface area contributed by atoms with Crippen molar-refractivity contribution < 1.29 is 9.47 Å². The molecule has 1 aromatic carbocycles. The molecule has 110 valence electrons. The van der Waals surface area contributed by atoms with E-state index in [1.165, 1.54) is 31.2 Å². The fourth-order valence-electron chi connectivity index (χ4n) is 3.34. The van der Waals surface area contributed by atoms with Gasteiger partial charge in [-0.15, -0.1) is 0 Å². The lowest BCUT2D eigenvalue weighted by Gasteiger charge is -2.39. The number of morpholine rings is 1. The van der Waals surface area contributed by atoms with Crippen molar-refractivity contribution in [3.05, 3.63) is 29.8 Å². The fourth-order valence-corrected chi connectivity index (χ4v) is 3.34. The van der Waals surface area contributed by atoms with E-state index >= 15 is 0 Å². The average Bonchev–Trinajstić information content (AvgIpc) is 2.93. The Hall–Kier alpha value is -1.06. The third kappa shape index (κ3) is 2.99. The minimum absolute atomic E-state index is 0.0865. The zero-order valence-electron chi connectivity index (χ0n) is 12.4. The molecular weight excluding hydrogens is 250 g/mol. The lowest BCUT2D eigenvalue weighted by Crippen LogP contribution is -2.49. The van der Waals surface area contributed by atoms with Crippen LogP contribution in [0.25, 0.3) is 0 Å². The van der Waals surface area contributed by atoms with Crippen molar-refractivity contribution in [1.29, 1.82) is 0 Å². The monoisotopic (exact) mass is 275 g/mol. The van der Waals surface area contributed by atoms with Crippen LogP contribution in [0.1, 0.15) is 50.7 Å². The second kappa shape index (κ2) is 6.15. The number of hydrogen-bond donors (Lipinski definition) is 1. The molecule has 3 rings (SSSR count). The molecule has 0 aromatic heterocycles. The molecule has 1 heterocycles. The van der Waals surface area contributed by atoms with Crippen LogP contribution in [0.4, 0.5) is 0 Å². The first-order valence-electron chi connectivity index (χ1n) is 7.93. The summed E-state index contributed by atoms with van der Waals surface area (Å²) in [6.45, 7) is 4.81. The van der Waals surface area contributed by atoms with Crippen molar-refractivity contribution in [2.24, 2.45) is 0 Å². The molecule has 20 heavy (non-hydrogen) atoms. The summed E-state index contributed by atoms with van der Waals surface area (Å²) < 4.78 is 12.2. The highest BCUT2D eigenvalue weighted by atomic mass is 16.5. The predicted molar refractivity (Wildman–Crippen MR) is 80.1 cm³/mol. The SMILES string of the molecule is CCCOc1cccc(C2CNCC3(CCCC3)O2)c1. The van der Waals surface area contributed by atoms with Crippen LogP contribution in [-0.4, -0.2) is 25.3 Å². The van der Waals surface area contributed by atoms with Crippen LogP contribution in [0, 0.1) is 0 Å². The Morgan fingerprint density at radius 2 is 2.20 bits per heavy atom. The number of benzene rings is 1. The van der Waals surface area contributed by atoms with Gasteiger partial charge in [0.1, 0.15) is 5.75 Å². The summed E-state index contributed by atoms with van der Waals surface area (Å²) in [4.78, 5) is 0. The molecule has 1 aromatic rings. The van der Waals surface area contributed by atoms with Crippen LogP contribution in [0.15, 0.2) is 24.3 Å². The molecule has 1 aliphatic carbocycles. The minimum atomic E-state index is 0.0865. The molecule has 2 aliphatic rings. The highest BCUT2D eigenvalue weighted by Crippen LogP contribution is 2.39. The van der Waals surface area contributed by atoms with Crippen molar-refractivity contribution >= 4 is 0 Å². The molecule has 3 heteroatoms. The van der Waals surface area contributed by atoms with Gasteiger partial charge < -0.3 is 14.8 Å². The van der Waals surface area contributed by atoms with Gasteiger partial charge in [-0.2, -0.15) is 0 Å². The maximum atomic E-state index is 6.46. The van der Waals surface area contributed by atoms with E-state index in [0.29, 0.717) is 0 Å². The third-order valence-corrected chi connectivity index (χ3v) is 4.39. The van der Waals surface area contributed by atoms with E-state index in [1.807, 2.05) is 6.07 Å². The lowest BCUT2D eigenvalue weighted by molar-refractivity contribution is -0.114. The number of rotatable bonds is 4. The van der Waals surface area contributed by atoms with Gasteiger partial charge >= 0.3 is 0 Å². The molecular formula is C17H25NO2. The van der Waals surface area contributed by atoms with Gasteiger partial charge in [0.15, 0.2) is 0 Å². The summed E-state index contributed by atoms with van der Waals surface area (Å²) in [6, 6.07) is 8.38. The van der Waals surface area contributed by atoms with Crippen LogP contribution >= 0.6 is 0 Å². The zero-order valence-corrected chi connectivity index (χ0v) is 12.4. The Balaban J connectivity index is 1.71. The predicted octanol–water partition coefficient (Wildman–Crippen LogP) is 3.45. The summed E-state index contributed by atoms with van der Waals surface area (Å²) in [5, 5.41) is 3.56. The normalized spacial score (nSPS) is 24.9. The van der Waals surface area contributed by atoms with E-state index in [1.54, 1.807) is 0 Å². The third-order valence-electron chi connectivity index (χ3n) is 4.39. The van der Waals surface area contributed by atoms with Gasteiger partial charge in [0, 0.05) is 13.1 Å². The van der Waals surface area contributed by atoms with Gasteiger partial charge in [-0.3, -0.25) is 0 Å². The van der Waals surface area contributed by atoms with Gasteiger partial charge in [-0.25, -0.2) is 0 Å². The van der Waals surface area contributed by atoms with Crippen LogP contribution < -0.4 is 10.1 Å². The molecule has 1 unspecified atom stereocenters. The number of ether oxygens (including phenoxy) is 2. The van der Waals surface area contributed by atoms with Crippen LogP contribution in [0.3, 0.4) is 0 Å². The van der Waals surface area contributed by atoms with Gasteiger partial charge in [-0.05, 0) is 37.0 Å². The van der Waals surface area contributed by atoms with E-state index in [2.05, 4.69) is 30.4 Å². The van der Waals surface area contributed by atoms with Gasteiger partial charge in [0.25, 0.3) is 0 Å². The molecule has 0 amide bonds. The smallest absolute Gasteiger partial charge is 0.119 e. The molecule has 2 fully saturated rings. The molecule has 1 saturated carbocycles. The summed E-state index contributed by atoms with van der Waals surface area (Å²) in [7, 11) is 0.